The lowest BCUT2D eigenvalue weighted by Crippen LogP contribution is -2.49. The van der Waals surface area contributed by atoms with Crippen molar-refractivity contribution in [3.05, 3.63) is 0 Å². The van der Waals surface area contributed by atoms with Crippen LogP contribution in [0, 0.1) is 0 Å². The Labute approximate surface area is 131 Å². The Morgan fingerprint density at radius 3 is 2.05 bits per heavy atom. The number of nitrogens with one attached hydrogen (secondary N) is 1. The van der Waals surface area contributed by atoms with Crippen LogP contribution in [0.1, 0.15) is 84.5 Å². The summed E-state index contributed by atoms with van der Waals surface area (Å²) in [6.07, 6.45) is 13.4. The van der Waals surface area contributed by atoms with Crippen LogP contribution in [-0.4, -0.2) is 36.5 Å². The van der Waals surface area contributed by atoms with Gasteiger partial charge in [0.2, 0.25) is 5.91 Å². The van der Waals surface area contributed by atoms with Crippen molar-refractivity contribution in [2.75, 3.05) is 19.6 Å². The largest absolute Gasteiger partial charge is 0.341 e. The van der Waals surface area contributed by atoms with Crippen molar-refractivity contribution < 1.29 is 4.79 Å². The van der Waals surface area contributed by atoms with Gasteiger partial charge in [-0.2, -0.15) is 0 Å². The first kappa shape index (κ1) is 18.5. The molecule has 3 nitrogen and oxygen atoms in total. The summed E-state index contributed by atoms with van der Waals surface area (Å²) in [5.41, 5.74) is 0. The van der Waals surface area contributed by atoms with Crippen LogP contribution in [-0.2, 0) is 4.79 Å². The van der Waals surface area contributed by atoms with Crippen LogP contribution < -0.4 is 5.32 Å². The average Bonchev–Trinajstić information content (AvgIpc) is 2.53. The van der Waals surface area contributed by atoms with Gasteiger partial charge in [0, 0.05) is 13.1 Å². The molecule has 0 spiro atoms. The number of piperidine rings is 1. The zero-order valence-corrected chi connectivity index (χ0v) is 14.3. The summed E-state index contributed by atoms with van der Waals surface area (Å²) >= 11 is 0. The molecule has 1 saturated heterocycles. The first-order valence-corrected chi connectivity index (χ1v) is 9.31. The molecule has 1 amide bonds. The topological polar surface area (TPSA) is 32.3 Å². The van der Waals surface area contributed by atoms with Crippen LogP contribution in [0.3, 0.4) is 0 Å². The van der Waals surface area contributed by atoms with E-state index in [1.54, 1.807) is 0 Å². The van der Waals surface area contributed by atoms with Crippen molar-refractivity contribution in [1.82, 2.24) is 10.2 Å². The van der Waals surface area contributed by atoms with E-state index in [0.717, 1.165) is 26.1 Å². The van der Waals surface area contributed by atoms with E-state index in [1.165, 1.54) is 64.2 Å². The Morgan fingerprint density at radius 2 is 1.57 bits per heavy atom. The zero-order valence-electron chi connectivity index (χ0n) is 14.3. The smallest absolute Gasteiger partial charge is 0.239 e. The van der Waals surface area contributed by atoms with E-state index in [1.807, 2.05) is 0 Å². The lowest BCUT2D eigenvalue weighted by Gasteiger charge is -2.30. The zero-order chi connectivity index (χ0) is 15.3. The van der Waals surface area contributed by atoms with E-state index in [2.05, 4.69) is 24.1 Å². The second-order valence-electron chi connectivity index (χ2n) is 6.45. The minimum Gasteiger partial charge on any atom is -0.341 e. The number of carbonyl (C=O) groups is 1. The number of nitrogens with zero attached hydrogens (tertiary/aromatic N) is 1. The number of amides is 1. The van der Waals surface area contributed by atoms with E-state index in [0.29, 0.717) is 5.91 Å². The third-order valence-corrected chi connectivity index (χ3v) is 4.48. The van der Waals surface area contributed by atoms with Crippen molar-refractivity contribution in [2.45, 2.75) is 90.5 Å². The van der Waals surface area contributed by atoms with Gasteiger partial charge < -0.3 is 10.2 Å². The van der Waals surface area contributed by atoms with Gasteiger partial charge in [0.1, 0.15) is 0 Å². The lowest BCUT2D eigenvalue weighted by molar-refractivity contribution is -0.134. The van der Waals surface area contributed by atoms with Gasteiger partial charge in [-0.25, -0.2) is 0 Å². The summed E-state index contributed by atoms with van der Waals surface area (Å²) in [6.45, 7) is 7.40. The monoisotopic (exact) mass is 296 g/mol. The molecule has 1 aliphatic heterocycles. The first-order chi connectivity index (χ1) is 10.3. The second-order valence-corrected chi connectivity index (χ2v) is 6.45. The predicted octanol–water partition coefficient (Wildman–Crippen LogP) is 4.12. The Hall–Kier alpha value is -0.570. The molecular formula is C18H36N2O. The molecule has 1 rings (SSSR count). The average molecular weight is 296 g/mol. The van der Waals surface area contributed by atoms with Crippen molar-refractivity contribution in [3.63, 3.8) is 0 Å². The van der Waals surface area contributed by atoms with E-state index in [-0.39, 0.29) is 6.04 Å². The molecule has 1 atom stereocenters. The van der Waals surface area contributed by atoms with E-state index >= 15 is 0 Å². The standard InChI is InChI=1S/C18H36N2O/c1-3-5-7-11-15-20(16-12-8-6-4-2)18(21)17-13-9-10-14-19-17/h17,19H,3-16H2,1-2H3/t17-/m0/s1. The van der Waals surface area contributed by atoms with E-state index < -0.39 is 0 Å². The molecule has 1 heterocycles. The Bertz CT molecular complexity index is 250. The highest BCUT2D eigenvalue weighted by Gasteiger charge is 2.24. The molecular weight excluding hydrogens is 260 g/mol. The maximum Gasteiger partial charge on any atom is 0.239 e. The molecule has 0 saturated carbocycles. The number of hydrogen-bond donors (Lipinski definition) is 1. The van der Waals surface area contributed by atoms with Gasteiger partial charge in [-0.05, 0) is 32.2 Å². The van der Waals surface area contributed by atoms with Crippen molar-refractivity contribution in [3.8, 4) is 0 Å². The summed E-state index contributed by atoms with van der Waals surface area (Å²) in [4.78, 5) is 14.8. The fourth-order valence-electron chi connectivity index (χ4n) is 3.07. The maximum absolute atomic E-state index is 12.7. The number of rotatable bonds is 11. The molecule has 0 aromatic rings. The Morgan fingerprint density at radius 1 is 0.952 bits per heavy atom. The number of carbonyl (C=O) groups excluding carboxylic acids is 1. The van der Waals surface area contributed by atoms with Gasteiger partial charge >= 0.3 is 0 Å². The highest BCUT2D eigenvalue weighted by molar-refractivity contribution is 5.82. The summed E-state index contributed by atoms with van der Waals surface area (Å²) in [5.74, 6) is 0.364. The van der Waals surface area contributed by atoms with Crippen molar-refractivity contribution in [1.29, 1.82) is 0 Å². The molecule has 0 aromatic carbocycles. The molecule has 1 aliphatic rings. The molecule has 3 heteroatoms. The van der Waals surface area contributed by atoms with Gasteiger partial charge in [-0.3, -0.25) is 4.79 Å². The van der Waals surface area contributed by atoms with Gasteiger partial charge in [-0.15, -0.1) is 0 Å². The quantitative estimate of drug-likeness (QED) is 0.582. The van der Waals surface area contributed by atoms with Gasteiger partial charge in [0.05, 0.1) is 6.04 Å². The number of unbranched alkanes of at least 4 members (excludes halogenated alkanes) is 6. The molecule has 124 valence electrons. The molecule has 0 aromatic heterocycles. The summed E-state index contributed by atoms with van der Waals surface area (Å²) in [6, 6.07) is 0.0936. The fourth-order valence-corrected chi connectivity index (χ4v) is 3.07. The van der Waals surface area contributed by atoms with Crippen LogP contribution in [0.15, 0.2) is 0 Å². The third-order valence-electron chi connectivity index (χ3n) is 4.48. The van der Waals surface area contributed by atoms with Crippen LogP contribution in [0.25, 0.3) is 0 Å². The van der Waals surface area contributed by atoms with Crippen molar-refractivity contribution >= 4 is 5.91 Å². The summed E-state index contributed by atoms with van der Waals surface area (Å²) in [7, 11) is 0. The SMILES string of the molecule is CCCCCCN(CCCCCC)C(=O)[C@@H]1CCCCN1. The molecule has 0 bridgehead atoms. The fraction of sp³-hybridized carbons (Fsp3) is 0.944. The second kappa shape index (κ2) is 12.0. The van der Waals surface area contributed by atoms with Crippen LogP contribution in [0.2, 0.25) is 0 Å². The summed E-state index contributed by atoms with van der Waals surface area (Å²) in [5, 5.41) is 3.41. The highest BCUT2D eigenvalue weighted by atomic mass is 16.2. The van der Waals surface area contributed by atoms with E-state index in [4.69, 9.17) is 0 Å². The normalized spacial score (nSPS) is 18.7. The van der Waals surface area contributed by atoms with Crippen molar-refractivity contribution in [2.24, 2.45) is 0 Å². The van der Waals surface area contributed by atoms with Gasteiger partial charge in [0.15, 0.2) is 0 Å². The third kappa shape index (κ3) is 7.85. The van der Waals surface area contributed by atoms with Gasteiger partial charge in [0.25, 0.3) is 0 Å². The predicted molar refractivity (Wildman–Crippen MR) is 90.5 cm³/mol. The molecule has 0 aliphatic carbocycles. The highest BCUT2D eigenvalue weighted by Crippen LogP contribution is 2.12. The first-order valence-electron chi connectivity index (χ1n) is 9.31. The molecule has 0 radical (unpaired) electrons. The minimum atomic E-state index is 0.0936. The molecule has 1 fully saturated rings. The van der Waals surface area contributed by atoms with Crippen LogP contribution in [0.4, 0.5) is 0 Å². The number of hydrogen-bond acceptors (Lipinski definition) is 2. The molecule has 21 heavy (non-hydrogen) atoms. The maximum atomic E-state index is 12.7. The van der Waals surface area contributed by atoms with Crippen LogP contribution >= 0.6 is 0 Å². The van der Waals surface area contributed by atoms with Crippen LogP contribution in [0.5, 0.6) is 0 Å². The minimum absolute atomic E-state index is 0.0936. The lowest BCUT2D eigenvalue weighted by atomic mass is 10.0. The summed E-state index contributed by atoms with van der Waals surface area (Å²) < 4.78 is 0. The van der Waals surface area contributed by atoms with E-state index in [9.17, 15) is 4.79 Å². The van der Waals surface area contributed by atoms with Gasteiger partial charge in [-0.1, -0.05) is 58.8 Å². The molecule has 0 unspecified atom stereocenters. The molecule has 1 N–H and O–H groups in total. The Kier molecular flexibility index (Phi) is 10.6. The Balaban J connectivity index is 2.38.